The van der Waals surface area contributed by atoms with Gasteiger partial charge < -0.3 is 14.7 Å². The van der Waals surface area contributed by atoms with Crippen LogP contribution in [0.4, 0.5) is 0 Å². The van der Waals surface area contributed by atoms with Crippen molar-refractivity contribution in [3.8, 4) is 0 Å². The number of hydrogen-bond acceptors (Lipinski definition) is 3. The maximum atomic E-state index is 10.00. The van der Waals surface area contributed by atoms with Gasteiger partial charge in [0.2, 0.25) is 0 Å². The third kappa shape index (κ3) is 4.56. The van der Waals surface area contributed by atoms with Gasteiger partial charge in [0, 0.05) is 25.9 Å². The Morgan fingerprint density at radius 3 is 2.43 bits per heavy atom. The molecular formula is C20H31NO2. The number of piperidine rings is 1. The normalized spacial score (nSPS) is 23.0. The van der Waals surface area contributed by atoms with Crippen LogP contribution in [0.2, 0.25) is 0 Å². The third-order valence-corrected chi connectivity index (χ3v) is 5.92. The van der Waals surface area contributed by atoms with Gasteiger partial charge >= 0.3 is 0 Å². The minimum atomic E-state index is 0.163. The molecule has 0 unspecified atom stereocenters. The first kappa shape index (κ1) is 16.9. The van der Waals surface area contributed by atoms with Crippen LogP contribution in [0.15, 0.2) is 30.3 Å². The topological polar surface area (TPSA) is 32.7 Å². The number of likely N-dealkylation sites (tertiary alicyclic amines) is 1. The first-order valence-electron chi connectivity index (χ1n) is 9.28. The minimum Gasteiger partial charge on any atom is -0.396 e. The fraction of sp³-hybridized carbons (Fsp3) is 0.700. The highest BCUT2D eigenvalue weighted by molar-refractivity contribution is 5.14. The second-order valence-corrected chi connectivity index (χ2v) is 7.38. The van der Waals surface area contributed by atoms with Gasteiger partial charge in [-0.05, 0) is 69.0 Å². The molecule has 3 rings (SSSR count). The summed E-state index contributed by atoms with van der Waals surface area (Å²) in [6, 6.07) is 11.4. The molecule has 2 aliphatic rings. The summed E-state index contributed by atoms with van der Waals surface area (Å²) in [6.45, 7) is 4.49. The molecule has 2 heterocycles. The van der Waals surface area contributed by atoms with Gasteiger partial charge in [0.1, 0.15) is 0 Å². The van der Waals surface area contributed by atoms with Crippen molar-refractivity contribution < 1.29 is 9.84 Å². The molecule has 0 bridgehead atoms. The van der Waals surface area contributed by atoms with Crippen molar-refractivity contribution in [2.24, 2.45) is 5.41 Å². The van der Waals surface area contributed by atoms with Crippen LogP contribution in [0, 0.1) is 5.41 Å². The summed E-state index contributed by atoms with van der Waals surface area (Å²) in [7, 11) is 0. The Bertz CT molecular complexity index is 448. The molecule has 2 saturated heterocycles. The lowest BCUT2D eigenvalue weighted by molar-refractivity contribution is -0.0136. The molecular weight excluding hydrogens is 286 g/mol. The molecule has 3 heteroatoms. The van der Waals surface area contributed by atoms with Crippen LogP contribution in [0.1, 0.15) is 44.1 Å². The van der Waals surface area contributed by atoms with E-state index in [1.54, 1.807) is 0 Å². The van der Waals surface area contributed by atoms with Crippen molar-refractivity contribution in [1.82, 2.24) is 4.90 Å². The molecule has 0 saturated carbocycles. The summed E-state index contributed by atoms with van der Waals surface area (Å²) in [4.78, 5) is 2.65. The van der Waals surface area contributed by atoms with Crippen molar-refractivity contribution in [2.75, 3.05) is 32.9 Å². The first-order valence-corrected chi connectivity index (χ1v) is 9.28. The molecule has 0 spiro atoms. The molecule has 3 nitrogen and oxygen atoms in total. The van der Waals surface area contributed by atoms with Crippen molar-refractivity contribution >= 4 is 0 Å². The number of aryl methyl sites for hydroxylation is 1. The Kier molecular flexibility index (Phi) is 6.09. The van der Waals surface area contributed by atoms with Gasteiger partial charge in [-0.3, -0.25) is 0 Å². The summed E-state index contributed by atoms with van der Waals surface area (Å²) in [5.74, 6) is 0. The van der Waals surface area contributed by atoms with Gasteiger partial charge in [0.05, 0.1) is 0 Å². The fourth-order valence-corrected chi connectivity index (χ4v) is 4.21. The largest absolute Gasteiger partial charge is 0.396 e. The maximum Gasteiger partial charge on any atom is 0.0488 e. The number of aliphatic hydroxyl groups excluding tert-OH is 1. The zero-order valence-electron chi connectivity index (χ0n) is 14.3. The van der Waals surface area contributed by atoms with Gasteiger partial charge in [-0.15, -0.1) is 0 Å². The van der Waals surface area contributed by atoms with Crippen LogP contribution in [-0.2, 0) is 11.2 Å². The average Bonchev–Trinajstić information content (AvgIpc) is 2.64. The highest BCUT2D eigenvalue weighted by Crippen LogP contribution is 2.37. The summed E-state index contributed by atoms with van der Waals surface area (Å²) in [5.41, 5.74) is 1.58. The van der Waals surface area contributed by atoms with Crippen molar-refractivity contribution in [1.29, 1.82) is 0 Å². The summed E-state index contributed by atoms with van der Waals surface area (Å²) >= 11 is 0. The predicted molar refractivity (Wildman–Crippen MR) is 93.5 cm³/mol. The Hall–Kier alpha value is -0.900. The van der Waals surface area contributed by atoms with Crippen LogP contribution in [0.3, 0.4) is 0 Å². The van der Waals surface area contributed by atoms with E-state index in [-0.39, 0.29) is 5.41 Å². The van der Waals surface area contributed by atoms with E-state index >= 15 is 0 Å². The van der Waals surface area contributed by atoms with E-state index in [4.69, 9.17) is 4.74 Å². The van der Waals surface area contributed by atoms with E-state index in [2.05, 4.69) is 35.2 Å². The predicted octanol–water partition coefficient (Wildman–Crippen LogP) is 3.26. The quantitative estimate of drug-likeness (QED) is 0.874. The lowest BCUT2D eigenvalue weighted by Gasteiger charge is -2.44. The van der Waals surface area contributed by atoms with Crippen LogP contribution in [0.5, 0.6) is 0 Å². The Morgan fingerprint density at radius 1 is 1.09 bits per heavy atom. The second-order valence-electron chi connectivity index (χ2n) is 7.38. The summed E-state index contributed by atoms with van der Waals surface area (Å²) in [5, 5.41) is 10.00. The van der Waals surface area contributed by atoms with E-state index in [1.165, 1.54) is 24.8 Å². The Balaban J connectivity index is 1.46. The molecule has 1 aromatic rings. The molecule has 2 fully saturated rings. The average molecular weight is 317 g/mol. The number of benzene rings is 1. The van der Waals surface area contributed by atoms with Crippen LogP contribution < -0.4 is 0 Å². The summed E-state index contributed by atoms with van der Waals surface area (Å²) in [6.07, 6.45) is 8.12. The highest BCUT2D eigenvalue weighted by Gasteiger charge is 2.35. The van der Waals surface area contributed by atoms with E-state index < -0.39 is 0 Å². The third-order valence-electron chi connectivity index (χ3n) is 5.92. The number of nitrogens with zero attached hydrogens (tertiary/aromatic N) is 1. The molecule has 23 heavy (non-hydrogen) atoms. The molecule has 0 aromatic heterocycles. The van der Waals surface area contributed by atoms with Gasteiger partial charge in [-0.2, -0.15) is 0 Å². The number of hydrogen-bond donors (Lipinski definition) is 1. The van der Waals surface area contributed by atoms with Crippen LogP contribution >= 0.6 is 0 Å². The molecule has 1 N–H and O–H groups in total. The first-order chi connectivity index (χ1) is 11.3. The summed E-state index contributed by atoms with van der Waals surface area (Å²) < 4.78 is 5.48. The van der Waals surface area contributed by atoms with Gasteiger partial charge in [-0.1, -0.05) is 30.3 Å². The SMILES string of the molecule is OCC1(CCCc2ccccc2)CCN(C2CCOCC2)CC1. The van der Waals surface area contributed by atoms with E-state index in [0.717, 1.165) is 52.0 Å². The monoisotopic (exact) mass is 317 g/mol. The minimum absolute atomic E-state index is 0.163. The molecule has 0 atom stereocenters. The second kappa shape index (κ2) is 8.27. The van der Waals surface area contributed by atoms with Crippen molar-refractivity contribution in [3.05, 3.63) is 35.9 Å². The van der Waals surface area contributed by atoms with E-state index in [9.17, 15) is 5.11 Å². The van der Waals surface area contributed by atoms with E-state index in [0.29, 0.717) is 12.6 Å². The van der Waals surface area contributed by atoms with Gasteiger partial charge in [0.15, 0.2) is 0 Å². The highest BCUT2D eigenvalue weighted by atomic mass is 16.5. The lowest BCUT2D eigenvalue weighted by atomic mass is 9.74. The molecule has 0 radical (unpaired) electrons. The smallest absolute Gasteiger partial charge is 0.0488 e. The van der Waals surface area contributed by atoms with Crippen molar-refractivity contribution in [2.45, 2.75) is 51.0 Å². The van der Waals surface area contributed by atoms with E-state index in [1.807, 2.05) is 0 Å². The lowest BCUT2D eigenvalue weighted by Crippen LogP contribution is -2.48. The molecule has 2 aliphatic heterocycles. The zero-order chi connectivity index (χ0) is 16.0. The Labute approximate surface area is 140 Å². The Morgan fingerprint density at radius 2 is 1.78 bits per heavy atom. The zero-order valence-corrected chi connectivity index (χ0v) is 14.3. The maximum absolute atomic E-state index is 10.00. The molecule has 128 valence electrons. The number of ether oxygens (including phenoxy) is 1. The molecule has 1 aromatic carbocycles. The van der Waals surface area contributed by atoms with Crippen molar-refractivity contribution in [3.63, 3.8) is 0 Å². The van der Waals surface area contributed by atoms with Crippen LogP contribution in [-0.4, -0.2) is 49.0 Å². The standard InChI is InChI=1S/C20H31NO2/c22-17-20(10-4-7-18-5-2-1-3-6-18)11-13-21(14-12-20)19-8-15-23-16-9-19/h1-3,5-6,19,22H,4,7-17H2. The molecule has 0 aliphatic carbocycles. The number of rotatable bonds is 6. The van der Waals surface area contributed by atoms with Gasteiger partial charge in [0.25, 0.3) is 0 Å². The fourth-order valence-electron chi connectivity index (χ4n) is 4.21. The van der Waals surface area contributed by atoms with Crippen LogP contribution in [0.25, 0.3) is 0 Å². The number of aliphatic hydroxyl groups is 1. The molecule has 0 amide bonds. The van der Waals surface area contributed by atoms with Gasteiger partial charge in [-0.25, -0.2) is 0 Å².